The summed E-state index contributed by atoms with van der Waals surface area (Å²) in [5, 5.41) is 3.48. The van der Waals surface area contributed by atoms with Crippen molar-refractivity contribution in [3.05, 3.63) is 23.8 Å². The summed E-state index contributed by atoms with van der Waals surface area (Å²) >= 11 is 0. The minimum atomic E-state index is 0.511. The van der Waals surface area contributed by atoms with E-state index in [9.17, 15) is 0 Å². The Bertz CT molecular complexity index is 476. The fourth-order valence-electron chi connectivity index (χ4n) is 4.23. The Morgan fingerprint density at radius 3 is 2.35 bits per heavy atom. The number of hydrogen-bond acceptors (Lipinski definition) is 4. The van der Waals surface area contributed by atoms with Crippen LogP contribution in [0.5, 0.6) is 11.5 Å². The lowest BCUT2D eigenvalue weighted by Gasteiger charge is -2.41. The first kappa shape index (κ1) is 16.6. The van der Waals surface area contributed by atoms with E-state index >= 15 is 0 Å². The van der Waals surface area contributed by atoms with E-state index in [0.717, 1.165) is 43.6 Å². The molecule has 1 atom stereocenters. The Labute approximate surface area is 140 Å². The van der Waals surface area contributed by atoms with E-state index in [1.54, 1.807) is 14.2 Å². The number of ether oxygens (including phenoxy) is 2. The van der Waals surface area contributed by atoms with Crippen LogP contribution in [0.4, 0.5) is 0 Å². The molecule has 0 radical (unpaired) electrons. The van der Waals surface area contributed by atoms with Gasteiger partial charge in [0.2, 0.25) is 0 Å². The van der Waals surface area contributed by atoms with Crippen LogP contribution in [0.3, 0.4) is 0 Å². The molecule has 0 amide bonds. The van der Waals surface area contributed by atoms with Crippen molar-refractivity contribution < 1.29 is 9.47 Å². The van der Waals surface area contributed by atoms with Gasteiger partial charge in [-0.2, -0.15) is 0 Å². The second-order valence-electron chi connectivity index (χ2n) is 6.74. The molecule has 4 heteroatoms. The summed E-state index contributed by atoms with van der Waals surface area (Å²) in [7, 11) is 3.43. The van der Waals surface area contributed by atoms with Crippen LogP contribution in [0.1, 0.15) is 43.7 Å². The second-order valence-corrected chi connectivity index (χ2v) is 6.74. The molecule has 0 aromatic heterocycles. The Kier molecular flexibility index (Phi) is 5.79. The third kappa shape index (κ3) is 3.81. The minimum absolute atomic E-state index is 0.511. The van der Waals surface area contributed by atoms with Gasteiger partial charge in [-0.25, -0.2) is 0 Å². The number of piperazine rings is 1. The predicted molar refractivity (Wildman–Crippen MR) is 93.3 cm³/mol. The lowest BCUT2D eigenvalue weighted by atomic mass is 9.80. The lowest BCUT2D eigenvalue weighted by Crippen LogP contribution is -2.47. The third-order valence-corrected chi connectivity index (χ3v) is 5.39. The van der Waals surface area contributed by atoms with Crippen LogP contribution < -0.4 is 14.8 Å². The second kappa shape index (κ2) is 8.02. The van der Waals surface area contributed by atoms with Crippen molar-refractivity contribution in [3.8, 4) is 11.5 Å². The molecular weight excluding hydrogens is 288 g/mol. The van der Waals surface area contributed by atoms with Gasteiger partial charge in [-0.1, -0.05) is 25.3 Å². The molecule has 1 saturated carbocycles. The number of hydrogen-bond donors (Lipinski definition) is 1. The maximum Gasteiger partial charge on any atom is 0.161 e. The van der Waals surface area contributed by atoms with Gasteiger partial charge in [0, 0.05) is 32.2 Å². The summed E-state index contributed by atoms with van der Waals surface area (Å²) < 4.78 is 11.0. The van der Waals surface area contributed by atoms with E-state index in [0.29, 0.717) is 6.04 Å². The molecular formula is C19H30N2O2. The maximum absolute atomic E-state index is 5.55. The van der Waals surface area contributed by atoms with E-state index in [1.807, 2.05) is 0 Å². The van der Waals surface area contributed by atoms with E-state index in [-0.39, 0.29) is 0 Å². The number of methoxy groups -OCH3 is 2. The average molecular weight is 318 g/mol. The molecule has 1 aliphatic carbocycles. The largest absolute Gasteiger partial charge is 0.493 e. The monoisotopic (exact) mass is 318 g/mol. The first-order valence-electron chi connectivity index (χ1n) is 9.00. The van der Waals surface area contributed by atoms with Gasteiger partial charge in [-0.15, -0.1) is 0 Å². The average Bonchev–Trinajstić information content (AvgIpc) is 2.63. The molecule has 1 aliphatic heterocycles. The number of nitrogens with one attached hydrogen (secondary N) is 1. The van der Waals surface area contributed by atoms with Gasteiger partial charge in [0.15, 0.2) is 11.5 Å². The van der Waals surface area contributed by atoms with Crippen LogP contribution in [0.25, 0.3) is 0 Å². The fraction of sp³-hybridized carbons (Fsp3) is 0.684. The van der Waals surface area contributed by atoms with Crippen molar-refractivity contribution in [1.29, 1.82) is 0 Å². The molecule has 1 heterocycles. The summed E-state index contributed by atoms with van der Waals surface area (Å²) in [6, 6.07) is 7.01. The maximum atomic E-state index is 5.55. The zero-order valence-electron chi connectivity index (χ0n) is 14.5. The van der Waals surface area contributed by atoms with Crippen molar-refractivity contribution >= 4 is 0 Å². The first-order valence-corrected chi connectivity index (χ1v) is 9.00. The van der Waals surface area contributed by atoms with Crippen LogP contribution in [-0.4, -0.2) is 45.3 Å². The van der Waals surface area contributed by atoms with Gasteiger partial charge < -0.3 is 14.8 Å². The van der Waals surface area contributed by atoms with Gasteiger partial charge in [-0.3, -0.25) is 4.90 Å². The highest BCUT2D eigenvalue weighted by molar-refractivity contribution is 5.44. The summed E-state index contributed by atoms with van der Waals surface area (Å²) in [6.45, 7) is 4.46. The zero-order chi connectivity index (χ0) is 16.1. The molecule has 1 saturated heterocycles. The number of nitrogens with zero attached hydrogens (tertiary/aromatic N) is 1. The zero-order valence-corrected chi connectivity index (χ0v) is 14.5. The SMILES string of the molecule is COc1ccc([C@H](C2CCCCC2)N2CCNCC2)cc1OC. The molecule has 1 aromatic rings. The van der Waals surface area contributed by atoms with Gasteiger partial charge in [0.05, 0.1) is 14.2 Å². The van der Waals surface area contributed by atoms with Gasteiger partial charge in [0.25, 0.3) is 0 Å². The van der Waals surface area contributed by atoms with Crippen molar-refractivity contribution in [2.75, 3.05) is 40.4 Å². The molecule has 128 valence electrons. The molecule has 1 aromatic carbocycles. The smallest absolute Gasteiger partial charge is 0.161 e. The molecule has 2 fully saturated rings. The highest BCUT2D eigenvalue weighted by atomic mass is 16.5. The normalized spacial score (nSPS) is 21.8. The summed E-state index contributed by atoms with van der Waals surface area (Å²) in [4.78, 5) is 2.67. The molecule has 2 aliphatic rings. The fourth-order valence-corrected chi connectivity index (χ4v) is 4.23. The molecule has 0 spiro atoms. The molecule has 4 nitrogen and oxygen atoms in total. The van der Waals surface area contributed by atoms with E-state index in [4.69, 9.17) is 9.47 Å². The molecule has 0 bridgehead atoms. The minimum Gasteiger partial charge on any atom is -0.493 e. The molecule has 0 unspecified atom stereocenters. The quantitative estimate of drug-likeness (QED) is 0.904. The Morgan fingerprint density at radius 2 is 1.70 bits per heavy atom. The Hall–Kier alpha value is -1.26. The van der Waals surface area contributed by atoms with Crippen molar-refractivity contribution in [2.45, 2.75) is 38.1 Å². The third-order valence-electron chi connectivity index (χ3n) is 5.39. The number of benzene rings is 1. The molecule has 23 heavy (non-hydrogen) atoms. The summed E-state index contributed by atoms with van der Waals surface area (Å²) in [6.07, 6.45) is 6.85. The number of rotatable bonds is 5. The van der Waals surface area contributed by atoms with Gasteiger partial charge >= 0.3 is 0 Å². The van der Waals surface area contributed by atoms with Crippen LogP contribution in [0, 0.1) is 5.92 Å². The Balaban J connectivity index is 1.89. The first-order chi connectivity index (χ1) is 11.3. The van der Waals surface area contributed by atoms with Crippen molar-refractivity contribution in [2.24, 2.45) is 5.92 Å². The van der Waals surface area contributed by atoms with Crippen LogP contribution in [-0.2, 0) is 0 Å². The Morgan fingerprint density at radius 1 is 1.00 bits per heavy atom. The van der Waals surface area contributed by atoms with E-state index in [2.05, 4.69) is 28.4 Å². The summed E-state index contributed by atoms with van der Waals surface area (Å²) in [5.41, 5.74) is 1.39. The van der Waals surface area contributed by atoms with Gasteiger partial charge in [-0.05, 0) is 36.5 Å². The van der Waals surface area contributed by atoms with E-state index < -0.39 is 0 Å². The van der Waals surface area contributed by atoms with Crippen molar-refractivity contribution in [1.82, 2.24) is 10.2 Å². The van der Waals surface area contributed by atoms with Crippen LogP contribution in [0.2, 0.25) is 0 Å². The topological polar surface area (TPSA) is 33.7 Å². The van der Waals surface area contributed by atoms with Crippen LogP contribution in [0.15, 0.2) is 18.2 Å². The lowest BCUT2D eigenvalue weighted by molar-refractivity contribution is 0.103. The molecule has 1 N–H and O–H groups in total. The highest BCUT2D eigenvalue weighted by Crippen LogP contribution is 2.41. The van der Waals surface area contributed by atoms with Crippen molar-refractivity contribution in [3.63, 3.8) is 0 Å². The van der Waals surface area contributed by atoms with Crippen LogP contribution >= 0.6 is 0 Å². The molecule has 3 rings (SSSR count). The van der Waals surface area contributed by atoms with E-state index in [1.165, 1.54) is 37.7 Å². The van der Waals surface area contributed by atoms with Gasteiger partial charge in [0.1, 0.15) is 0 Å². The predicted octanol–water partition coefficient (Wildman–Crippen LogP) is 3.23. The summed E-state index contributed by atoms with van der Waals surface area (Å²) in [5.74, 6) is 2.43. The highest BCUT2D eigenvalue weighted by Gasteiger charge is 2.31. The standard InChI is InChI=1S/C19H30N2O2/c1-22-17-9-8-16(14-18(17)23-2)19(15-6-4-3-5-7-15)21-12-10-20-11-13-21/h8-9,14-15,19-20H,3-7,10-13H2,1-2H3/t19-/m0/s1.